The standard InChI is InChI=1S/C21H22ClN3O4S2/c1-13(15-5-4-6-17(11-15)25-31(3,27)28)24-21(26)20-14(2)23-19(30-20)12-29-18-9-7-16(22)8-10-18/h4-11,13,25H,12H2,1-3H3,(H,24,26). The Labute approximate surface area is 190 Å². The lowest BCUT2D eigenvalue weighted by Gasteiger charge is -2.15. The smallest absolute Gasteiger partial charge is 0.263 e. The topological polar surface area (TPSA) is 97.4 Å². The second-order valence-electron chi connectivity index (χ2n) is 6.96. The van der Waals surface area contributed by atoms with Crippen LogP contribution in [-0.4, -0.2) is 25.6 Å². The molecular formula is C21H22ClN3O4S2. The van der Waals surface area contributed by atoms with E-state index in [0.29, 0.717) is 32.0 Å². The van der Waals surface area contributed by atoms with Crippen molar-refractivity contribution in [3.63, 3.8) is 0 Å². The first-order valence-electron chi connectivity index (χ1n) is 9.34. The molecule has 1 atom stereocenters. The predicted octanol–water partition coefficient (Wildman–Crippen LogP) is 4.55. The van der Waals surface area contributed by atoms with Gasteiger partial charge < -0.3 is 10.1 Å². The van der Waals surface area contributed by atoms with Crippen molar-refractivity contribution in [1.29, 1.82) is 0 Å². The lowest BCUT2D eigenvalue weighted by atomic mass is 10.1. The Morgan fingerprint density at radius 3 is 2.61 bits per heavy atom. The number of ether oxygens (including phenoxy) is 1. The van der Waals surface area contributed by atoms with E-state index < -0.39 is 10.0 Å². The van der Waals surface area contributed by atoms with Crippen molar-refractivity contribution in [2.75, 3.05) is 11.0 Å². The molecule has 3 aromatic rings. The van der Waals surface area contributed by atoms with Gasteiger partial charge in [-0.15, -0.1) is 11.3 Å². The molecule has 0 aliphatic heterocycles. The number of aromatic nitrogens is 1. The van der Waals surface area contributed by atoms with Gasteiger partial charge in [-0.2, -0.15) is 0 Å². The fourth-order valence-electron chi connectivity index (χ4n) is 2.83. The third-order valence-corrected chi connectivity index (χ3v) is 6.25. The summed E-state index contributed by atoms with van der Waals surface area (Å²) < 4.78 is 31.0. The fraction of sp³-hybridized carbons (Fsp3) is 0.238. The molecule has 2 aromatic carbocycles. The zero-order valence-corrected chi connectivity index (χ0v) is 19.6. The SMILES string of the molecule is Cc1nc(COc2ccc(Cl)cc2)sc1C(=O)NC(C)c1cccc(NS(C)(=O)=O)c1. The molecule has 164 valence electrons. The molecule has 31 heavy (non-hydrogen) atoms. The lowest BCUT2D eigenvalue weighted by Crippen LogP contribution is -2.26. The molecule has 1 unspecified atom stereocenters. The number of amides is 1. The highest BCUT2D eigenvalue weighted by molar-refractivity contribution is 7.92. The summed E-state index contributed by atoms with van der Waals surface area (Å²) in [5, 5.41) is 4.25. The maximum Gasteiger partial charge on any atom is 0.263 e. The van der Waals surface area contributed by atoms with E-state index in [-0.39, 0.29) is 18.6 Å². The highest BCUT2D eigenvalue weighted by atomic mass is 35.5. The van der Waals surface area contributed by atoms with Crippen LogP contribution in [0.2, 0.25) is 5.02 Å². The van der Waals surface area contributed by atoms with Gasteiger partial charge in [-0.25, -0.2) is 13.4 Å². The Morgan fingerprint density at radius 2 is 1.94 bits per heavy atom. The highest BCUT2D eigenvalue weighted by Gasteiger charge is 2.18. The molecule has 2 N–H and O–H groups in total. The molecule has 1 amide bonds. The van der Waals surface area contributed by atoms with Crippen LogP contribution in [0.5, 0.6) is 5.75 Å². The molecule has 0 aliphatic rings. The first-order chi connectivity index (χ1) is 14.6. The Kier molecular flexibility index (Phi) is 7.19. The maximum absolute atomic E-state index is 12.8. The van der Waals surface area contributed by atoms with Gasteiger partial charge in [-0.1, -0.05) is 23.7 Å². The van der Waals surface area contributed by atoms with Crippen molar-refractivity contribution in [2.45, 2.75) is 26.5 Å². The van der Waals surface area contributed by atoms with Crippen LogP contribution in [-0.2, 0) is 16.6 Å². The first kappa shape index (κ1) is 23.1. The van der Waals surface area contributed by atoms with Gasteiger partial charge in [0.05, 0.1) is 18.0 Å². The summed E-state index contributed by atoms with van der Waals surface area (Å²) in [7, 11) is -3.38. The monoisotopic (exact) mass is 479 g/mol. The summed E-state index contributed by atoms with van der Waals surface area (Å²) in [6.07, 6.45) is 1.09. The van der Waals surface area contributed by atoms with Gasteiger partial charge in [0.1, 0.15) is 22.2 Å². The third-order valence-electron chi connectivity index (χ3n) is 4.26. The summed E-state index contributed by atoms with van der Waals surface area (Å²) in [6.45, 7) is 3.85. The number of rotatable bonds is 8. The summed E-state index contributed by atoms with van der Waals surface area (Å²) >= 11 is 7.14. The summed E-state index contributed by atoms with van der Waals surface area (Å²) in [6, 6.07) is 13.6. The molecule has 1 heterocycles. The average molecular weight is 480 g/mol. The fourth-order valence-corrected chi connectivity index (χ4v) is 4.39. The Morgan fingerprint density at radius 1 is 1.23 bits per heavy atom. The Bertz CT molecular complexity index is 1180. The van der Waals surface area contributed by atoms with Crippen molar-refractivity contribution < 1.29 is 17.9 Å². The normalized spacial score (nSPS) is 12.3. The van der Waals surface area contributed by atoms with Crippen LogP contribution in [0, 0.1) is 6.92 Å². The number of hydrogen-bond acceptors (Lipinski definition) is 6. The lowest BCUT2D eigenvalue weighted by molar-refractivity contribution is 0.0943. The first-order valence-corrected chi connectivity index (χ1v) is 12.4. The second-order valence-corrected chi connectivity index (χ2v) is 10.2. The number of thiazole rings is 1. The van der Waals surface area contributed by atoms with E-state index in [1.54, 1.807) is 49.4 Å². The number of halogens is 1. The van der Waals surface area contributed by atoms with E-state index in [4.69, 9.17) is 16.3 Å². The number of carbonyl (C=O) groups excluding carboxylic acids is 1. The van der Waals surface area contributed by atoms with Crippen LogP contribution in [0.4, 0.5) is 5.69 Å². The number of carbonyl (C=O) groups is 1. The van der Waals surface area contributed by atoms with Crippen LogP contribution in [0.1, 0.15) is 38.9 Å². The van der Waals surface area contributed by atoms with Gasteiger partial charge >= 0.3 is 0 Å². The van der Waals surface area contributed by atoms with E-state index in [0.717, 1.165) is 11.8 Å². The number of sulfonamides is 1. The molecule has 1 aromatic heterocycles. The van der Waals surface area contributed by atoms with Crippen molar-refractivity contribution in [3.8, 4) is 5.75 Å². The van der Waals surface area contributed by atoms with Crippen LogP contribution in [0.3, 0.4) is 0 Å². The van der Waals surface area contributed by atoms with E-state index in [1.807, 2.05) is 13.0 Å². The molecular weight excluding hydrogens is 458 g/mol. The molecule has 0 spiro atoms. The van der Waals surface area contributed by atoms with Gasteiger partial charge in [0, 0.05) is 10.7 Å². The van der Waals surface area contributed by atoms with Crippen LogP contribution in [0.15, 0.2) is 48.5 Å². The molecule has 0 aliphatic carbocycles. The van der Waals surface area contributed by atoms with Crippen LogP contribution < -0.4 is 14.8 Å². The summed E-state index contributed by atoms with van der Waals surface area (Å²) in [5.41, 5.74) is 1.84. The van der Waals surface area contributed by atoms with Gasteiger partial charge in [0.25, 0.3) is 5.91 Å². The quantitative estimate of drug-likeness (QED) is 0.494. The van der Waals surface area contributed by atoms with Gasteiger partial charge in [-0.05, 0) is 55.8 Å². The number of nitrogens with zero attached hydrogens (tertiary/aromatic N) is 1. The van der Waals surface area contributed by atoms with E-state index in [2.05, 4.69) is 15.0 Å². The van der Waals surface area contributed by atoms with Gasteiger partial charge in [0.15, 0.2) is 0 Å². The number of hydrogen-bond donors (Lipinski definition) is 2. The molecule has 0 saturated heterocycles. The average Bonchev–Trinajstić information content (AvgIpc) is 3.07. The van der Waals surface area contributed by atoms with Crippen molar-refractivity contribution in [2.24, 2.45) is 0 Å². The number of nitrogens with one attached hydrogen (secondary N) is 2. The van der Waals surface area contributed by atoms with Crippen molar-refractivity contribution >= 4 is 44.6 Å². The second kappa shape index (κ2) is 9.67. The maximum atomic E-state index is 12.8. The molecule has 0 bridgehead atoms. The van der Waals surface area contributed by atoms with Crippen molar-refractivity contribution in [1.82, 2.24) is 10.3 Å². The molecule has 3 rings (SSSR count). The highest BCUT2D eigenvalue weighted by Crippen LogP contribution is 2.23. The van der Waals surface area contributed by atoms with Gasteiger partial charge in [0.2, 0.25) is 10.0 Å². The molecule has 10 heteroatoms. The predicted molar refractivity (Wildman–Crippen MR) is 123 cm³/mol. The van der Waals surface area contributed by atoms with Crippen LogP contribution >= 0.6 is 22.9 Å². The van der Waals surface area contributed by atoms with E-state index in [1.165, 1.54) is 11.3 Å². The van der Waals surface area contributed by atoms with Crippen LogP contribution in [0.25, 0.3) is 0 Å². The summed E-state index contributed by atoms with van der Waals surface area (Å²) in [5.74, 6) is 0.418. The number of benzene rings is 2. The number of anilines is 1. The minimum absolute atomic E-state index is 0.245. The minimum Gasteiger partial charge on any atom is -0.486 e. The zero-order chi connectivity index (χ0) is 22.6. The molecule has 0 saturated carbocycles. The largest absolute Gasteiger partial charge is 0.486 e. The Hall–Kier alpha value is -2.62. The zero-order valence-electron chi connectivity index (χ0n) is 17.2. The summed E-state index contributed by atoms with van der Waals surface area (Å²) in [4.78, 5) is 17.7. The van der Waals surface area contributed by atoms with E-state index in [9.17, 15) is 13.2 Å². The van der Waals surface area contributed by atoms with Gasteiger partial charge in [-0.3, -0.25) is 9.52 Å². The molecule has 0 radical (unpaired) electrons. The molecule has 7 nitrogen and oxygen atoms in total. The molecule has 0 fully saturated rings. The van der Waals surface area contributed by atoms with E-state index >= 15 is 0 Å². The minimum atomic E-state index is -3.38. The Balaban J connectivity index is 1.65. The number of aryl methyl sites for hydroxylation is 1. The third kappa shape index (κ3) is 6.68. The van der Waals surface area contributed by atoms with Crippen molar-refractivity contribution in [3.05, 3.63) is 74.7 Å².